The minimum Gasteiger partial charge on any atom is -0.341 e. The molecule has 2 saturated heterocycles. The second kappa shape index (κ2) is 6.94. The number of nitrogens with one attached hydrogen (secondary N) is 1. The first-order valence-electron chi connectivity index (χ1n) is 9.86. The van der Waals surface area contributed by atoms with Crippen molar-refractivity contribution >= 4 is 6.03 Å². The highest BCUT2D eigenvalue weighted by atomic mass is 16.2. The lowest BCUT2D eigenvalue weighted by atomic mass is 9.60. The average molecular weight is 342 g/mol. The molecule has 0 radical (unpaired) electrons. The molecule has 1 aromatic rings. The first-order chi connectivity index (χ1) is 12.2. The molecule has 1 spiro atoms. The number of nitrogens with zero attached hydrogens (tertiary/aromatic N) is 3. The van der Waals surface area contributed by atoms with Crippen LogP contribution in [0.2, 0.25) is 0 Å². The van der Waals surface area contributed by atoms with Gasteiger partial charge in [0.25, 0.3) is 0 Å². The van der Waals surface area contributed by atoms with Gasteiger partial charge in [-0.2, -0.15) is 0 Å². The predicted molar refractivity (Wildman–Crippen MR) is 98.3 cm³/mol. The quantitative estimate of drug-likeness (QED) is 0.898. The van der Waals surface area contributed by atoms with Gasteiger partial charge in [-0.15, -0.1) is 0 Å². The van der Waals surface area contributed by atoms with Gasteiger partial charge in [-0.3, -0.25) is 9.88 Å². The number of rotatable bonds is 2. The summed E-state index contributed by atoms with van der Waals surface area (Å²) in [5.74, 6) is 0. The Morgan fingerprint density at radius 3 is 2.48 bits per heavy atom. The molecule has 2 amide bonds. The van der Waals surface area contributed by atoms with Crippen LogP contribution in [0.3, 0.4) is 0 Å². The zero-order valence-corrected chi connectivity index (χ0v) is 15.3. The molecule has 0 unspecified atom stereocenters. The Hall–Kier alpha value is -1.62. The third kappa shape index (κ3) is 3.03. The number of amides is 2. The SMILES string of the molecule is CNC(=O)N1CCC(N2CC3(CCCCC3)[C@H]2c2ccncc2)CC1. The normalized spacial score (nSPS) is 27.1. The Morgan fingerprint density at radius 1 is 1.16 bits per heavy atom. The molecule has 1 aliphatic carbocycles. The molecule has 3 aliphatic rings. The van der Waals surface area contributed by atoms with Crippen molar-refractivity contribution in [3.8, 4) is 0 Å². The molecule has 2 aliphatic heterocycles. The molecule has 1 atom stereocenters. The minimum absolute atomic E-state index is 0.0662. The fraction of sp³-hybridized carbons (Fsp3) is 0.700. The molecule has 1 N–H and O–H groups in total. The van der Waals surface area contributed by atoms with Crippen molar-refractivity contribution in [2.75, 3.05) is 26.7 Å². The number of piperidine rings is 1. The lowest BCUT2D eigenvalue weighted by molar-refractivity contribution is -0.132. The molecule has 1 saturated carbocycles. The maximum absolute atomic E-state index is 11.8. The van der Waals surface area contributed by atoms with E-state index in [1.165, 1.54) is 44.2 Å². The molecular weight excluding hydrogens is 312 g/mol. The summed E-state index contributed by atoms with van der Waals surface area (Å²) in [7, 11) is 1.72. The molecule has 0 bridgehead atoms. The van der Waals surface area contributed by atoms with Crippen LogP contribution < -0.4 is 5.32 Å². The average Bonchev–Trinajstić information content (AvgIpc) is 2.67. The molecule has 136 valence electrons. The smallest absolute Gasteiger partial charge is 0.317 e. The van der Waals surface area contributed by atoms with Gasteiger partial charge >= 0.3 is 6.03 Å². The molecular formula is C20H30N4O. The van der Waals surface area contributed by atoms with Crippen LogP contribution in [0.1, 0.15) is 56.6 Å². The second-order valence-electron chi connectivity index (χ2n) is 8.05. The van der Waals surface area contributed by atoms with Gasteiger partial charge in [0, 0.05) is 56.6 Å². The number of hydrogen-bond donors (Lipinski definition) is 1. The van der Waals surface area contributed by atoms with E-state index >= 15 is 0 Å². The molecule has 3 heterocycles. The van der Waals surface area contributed by atoms with Crippen molar-refractivity contribution < 1.29 is 4.79 Å². The Labute approximate surface area is 150 Å². The van der Waals surface area contributed by atoms with E-state index in [2.05, 4.69) is 27.3 Å². The van der Waals surface area contributed by atoms with Crippen LogP contribution in [0.15, 0.2) is 24.5 Å². The van der Waals surface area contributed by atoms with E-state index in [0.717, 1.165) is 25.9 Å². The van der Waals surface area contributed by atoms with Gasteiger partial charge in [-0.05, 0) is 43.4 Å². The Balaban J connectivity index is 1.49. The highest BCUT2D eigenvalue weighted by Crippen LogP contribution is 2.58. The van der Waals surface area contributed by atoms with E-state index in [4.69, 9.17) is 0 Å². The summed E-state index contributed by atoms with van der Waals surface area (Å²) in [5.41, 5.74) is 1.93. The minimum atomic E-state index is 0.0662. The van der Waals surface area contributed by atoms with E-state index in [9.17, 15) is 4.79 Å². The molecule has 0 aromatic carbocycles. The zero-order valence-electron chi connectivity index (χ0n) is 15.3. The molecule has 5 nitrogen and oxygen atoms in total. The first kappa shape index (κ1) is 16.8. The number of hydrogen-bond acceptors (Lipinski definition) is 3. The fourth-order valence-corrected chi connectivity index (χ4v) is 5.46. The third-order valence-electron chi connectivity index (χ3n) is 6.71. The number of aromatic nitrogens is 1. The van der Waals surface area contributed by atoms with Gasteiger partial charge in [0.15, 0.2) is 0 Å². The first-order valence-corrected chi connectivity index (χ1v) is 9.86. The fourth-order valence-electron chi connectivity index (χ4n) is 5.46. The van der Waals surface area contributed by atoms with Gasteiger partial charge in [-0.1, -0.05) is 19.3 Å². The van der Waals surface area contributed by atoms with Crippen LogP contribution in [-0.2, 0) is 0 Å². The molecule has 3 fully saturated rings. The number of carbonyl (C=O) groups is 1. The van der Waals surface area contributed by atoms with Gasteiger partial charge < -0.3 is 10.2 Å². The summed E-state index contributed by atoms with van der Waals surface area (Å²) in [4.78, 5) is 20.8. The van der Waals surface area contributed by atoms with E-state index in [1.54, 1.807) is 7.05 Å². The number of likely N-dealkylation sites (tertiary alicyclic amines) is 2. The van der Waals surface area contributed by atoms with Crippen molar-refractivity contribution in [3.05, 3.63) is 30.1 Å². The van der Waals surface area contributed by atoms with Crippen molar-refractivity contribution in [1.82, 2.24) is 20.1 Å². The van der Waals surface area contributed by atoms with Gasteiger partial charge in [0.1, 0.15) is 0 Å². The van der Waals surface area contributed by atoms with E-state index in [-0.39, 0.29) is 6.03 Å². The van der Waals surface area contributed by atoms with Gasteiger partial charge in [0.05, 0.1) is 0 Å². The summed E-state index contributed by atoms with van der Waals surface area (Å²) in [5, 5.41) is 2.75. The standard InChI is InChI=1S/C20H30N4O/c1-21-19(25)23-13-7-17(8-14-23)24-15-20(9-3-2-4-10-20)18(24)16-5-11-22-12-6-16/h5-6,11-12,17-18H,2-4,7-10,13-15H2,1H3,(H,21,25)/t18-/m1/s1. The number of urea groups is 1. The van der Waals surface area contributed by atoms with Crippen LogP contribution in [0, 0.1) is 5.41 Å². The molecule has 5 heteroatoms. The Kier molecular flexibility index (Phi) is 4.67. The highest BCUT2D eigenvalue weighted by molar-refractivity contribution is 5.73. The number of pyridine rings is 1. The maximum atomic E-state index is 11.8. The summed E-state index contributed by atoms with van der Waals surface area (Å²) in [6, 6.07) is 5.65. The summed E-state index contributed by atoms with van der Waals surface area (Å²) in [6.45, 7) is 2.98. The third-order valence-corrected chi connectivity index (χ3v) is 6.71. The van der Waals surface area contributed by atoms with Crippen molar-refractivity contribution in [1.29, 1.82) is 0 Å². The monoisotopic (exact) mass is 342 g/mol. The molecule has 4 rings (SSSR count). The lowest BCUT2D eigenvalue weighted by Gasteiger charge is -2.63. The lowest BCUT2D eigenvalue weighted by Crippen LogP contribution is -2.64. The van der Waals surface area contributed by atoms with Crippen LogP contribution in [0.4, 0.5) is 4.79 Å². The summed E-state index contributed by atoms with van der Waals surface area (Å²) >= 11 is 0. The van der Waals surface area contributed by atoms with Crippen LogP contribution >= 0.6 is 0 Å². The Bertz CT molecular complexity index is 591. The van der Waals surface area contributed by atoms with E-state index in [0.29, 0.717) is 17.5 Å². The largest absolute Gasteiger partial charge is 0.341 e. The van der Waals surface area contributed by atoms with Crippen LogP contribution in [0.5, 0.6) is 0 Å². The van der Waals surface area contributed by atoms with E-state index in [1.807, 2.05) is 17.3 Å². The number of carbonyl (C=O) groups excluding carboxylic acids is 1. The highest BCUT2D eigenvalue weighted by Gasteiger charge is 2.54. The summed E-state index contributed by atoms with van der Waals surface area (Å²) in [6.07, 6.45) is 13.0. The molecule has 1 aromatic heterocycles. The van der Waals surface area contributed by atoms with Crippen LogP contribution in [0.25, 0.3) is 0 Å². The van der Waals surface area contributed by atoms with Crippen molar-refractivity contribution in [2.45, 2.75) is 57.0 Å². The molecule has 25 heavy (non-hydrogen) atoms. The van der Waals surface area contributed by atoms with Crippen molar-refractivity contribution in [2.24, 2.45) is 5.41 Å². The van der Waals surface area contributed by atoms with E-state index < -0.39 is 0 Å². The topological polar surface area (TPSA) is 48.5 Å². The second-order valence-corrected chi connectivity index (χ2v) is 8.05. The van der Waals surface area contributed by atoms with Gasteiger partial charge in [-0.25, -0.2) is 4.79 Å². The maximum Gasteiger partial charge on any atom is 0.317 e. The van der Waals surface area contributed by atoms with Crippen LogP contribution in [-0.4, -0.2) is 53.5 Å². The van der Waals surface area contributed by atoms with Gasteiger partial charge in [0.2, 0.25) is 0 Å². The Morgan fingerprint density at radius 2 is 1.84 bits per heavy atom. The van der Waals surface area contributed by atoms with Crippen molar-refractivity contribution in [3.63, 3.8) is 0 Å². The predicted octanol–water partition coefficient (Wildman–Crippen LogP) is 3.19. The zero-order chi connectivity index (χ0) is 17.3. The summed E-state index contributed by atoms with van der Waals surface area (Å²) < 4.78 is 0.